The van der Waals surface area contributed by atoms with Crippen LogP contribution < -0.4 is 4.74 Å². The van der Waals surface area contributed by atoms with Crippen LogP contribution in [0.2, 0.25) is 0 Å². The van der Waals surface area contributed by atoms with E-state index in [1.54, 1.807) is 97.1 Å². The molecule has 356 valence electrons. The molecule has 0 aliphatic carbocycles. The molecular formula is C58H82O7. The van der Waals surface area contributed by atoms with Crippen molar-refractivity contribution in [2.75, 3.05) is 0 Å². The van der Waals surface area contributed by atoms with Crippen molar-refractivity contribution < 1.29 is 35.4 Å². The molecule has 6 N–H and O–H groups in total. The van der Waals surface area contributed by atoms with Gasteiger partial charge < -0.3 is 35.4 Å². The number of ether oxygens (including phenoxy) is 1. The first-order valence-electron chi connectivity index (χ1n) is 22.1. The van der Waals surface area contributed by atoms with Gasteiger partial charge in [0.2, 0.25) is 0 Å². The molecule has 0 saturated heterocycles. The van der Waals surface area contributed by atoms with Gasteiger partial charge in [-0.2, -0.15) is 0 Å². The second kappa shape index (κ2) is 34.8. The molecule has 8 aromatic rings. The maximum Gasteiger partial charge on any atom is 0.128 e. The molecule has 0 atom stereocenters. The van der Waals surface area contributed by atoms with Crippen molar-refractivity contribution in [3.05, 3.63) is 146 Å². The molecule has 0 radical (unpaired) electrons. The number of phenolic OH excluding ortho intramolecular Hbond substituents is 6. The van der Waals surface area contributed by atoms with Crippen LogP contribution in [0.5, 0.6) is 46.0 Å². The highest BCUT2D eigenvalue weighted by Gasteiger charge is 2.03. The number of benzene rings is 8. The van der Waals surface area contributed by atoms with Gasteiger partial charge in [-0.25, -0.2) is 0 Å². The van der Waals surface area contributed by atoms with Crippen LogP contribution in [0.1, 0.15) is 112 Å². The number of hydrogen-bond donors (Lipinski definition) is 6. The van der Waals surface area contributed by atoms with Crippen molar-refractivity contribution in [3.63, 3.8) is 0 Å². The monoisotopic (exact) mass is 891 g/mol. The summed E-state index contributed by atoms with van der Waals surface area (Å²) in [5, 5.41) is 63.2. The summed E-state index contributed by atoms with van der Waals surface area (Å²) in [6.07, 6.45) is 0. The van der Waals surface area contributed by atoms with Gasteiger partial charge in [0, 0.05) is 0 Å². The second-order valence-corrected chi connectivity index (χ2v) is 14.4. The molecule has 0 unspecified atom stereocenters. The van der Waals surface area contributed by atoms with E-state index < -0.39 is 0 Å². The highest BCUT2D eigenvalue weighted by atomic mass is 16.5. The minimum absolute atomic E-state index is 0. The Bertz CT molecular complexity index is 2210. The molecule has 0 aliphatic heterocycles. The molecule has 0 saturated carbocycles. The maximum atomic E-state index is 9.51. The lowest BCUT2D eigenvalue weighted by molar-refractivity contribution is 0.474. The van der Waals surface area contributed by atoms with Crippen molar-refractivity contribution in [2.45, 2.75) is 112 Å². The third kappa shape index (κ3) is 24.2. The van der Waals surface area contributed by atoms with Gasteiger partial charge in [0.25, 0.3) is 0 Å². The van der Waals surface area contributed by atoms with Crippen molar-refractivity contribution in [1.29, 1.82) is 0 Å². The molecule has 0 bridgehead atoms. The maximum absolute atomic E-state index is 9.51. The molecule has 8 aromatic carbocycles. The third-order valence-electron chi connectivity index (χ3n) is 7.44. The van der Waals surface area contributed by atoms with Crippen LogP contribution in [0.15, 0.2) is 146 Å². The van der Waals surface area contributed by atoms with E-state index in [9.17, 15) is 10.2 Å². The Hall–Kier alpha value is -6.60. The normalized spacial score (nSPS) is 9.17. The van der Waals surface area contributed by atoms with Crippen LogP contribution in [-0.2, 0) is 0 Å². The van der Waals surface area contributed by atoms with Crippen molar-refractivity contribution in [3.8, 4) is 46.0 Å². The van der Waals surface area contributed by atoms with Crippen molar-refractivity contribution in [1.82, 2.24) is 0 Å². The predicted molar refractivity (Wildman–Crippen MR) is 286 cm³/mol. The van der Waals surface area contributed by atoms with Crippen LogP contribution in [0.4, 0.5) is 0 Å². The number of rotatable bonds is 2. The molecule has 8 rings (SSSR count). The molecule has 0 heterocycles. The van der Waals surface area contributed by atoms with Gasteiger partial charge in [-0.1, -0.05) is 160 Å². The lowest BCUT2D eigenvalue weighted by atomic mass is 10.1. The number of hydrogen-bond acceptors (Lipinski definition) is 7. The van der Waals surface area contributed by atoms with Crippen LogP contribution in [0, 0.1) is 11.8 Å². The Morgan fingerprint density at radius 3 is 0.569 bits per heavy atom. The zero-order chi connectivity index (χ0) is 48.1. The van der Waals surface area contributed by atoms with Crippen LogP contribution >= 0.6 is 0 Å². The molecule has 7 nitrogen and oxygen atoms in total. The fraction of sp³-hybridized carbons (Fsp3) is 0.310. The van der Waals surface area contributed by atoms with E-state index in [1.807, 2.05) is 104 Å². The molecular weight excluding hydrogens is 809 g/mol. The van der Waals surface area contributed by atoms with E-state index >= 15 is 0 Å². The van der Waals surface area contributed by atoms with E-state index in [4.69, 9.17) is 25.2 Å². The highest BCUT2D eigenvalue weighted by Crippen LogP contribution is 2.31. The Labute approximate surface area is 392 Å². The van der Waals surface area contributed by atoms with E-state index in [0.29, 0.717) is 0 Å². The Balaban J connectivity index is -0.000000788. The summed E-state index contributed by atoms with van der Waals surface area (Å²) in [7, 11) is 0. The Kier molecular flexibility index (Phi) is 33.6. The first kappa shape index (κ1) is 62.7. The number of fused-ring (bicyclic) bond motifs is 4. The van der Waals surface area contributed by atoms with Crippen molar-refractivity contribution in [2.24, 2.45) is 11.8 Å². The Morgan fingerprint density at radius 2 is 0.400 bits per heavy atom. The largest absolute Gasteiger partial charge is 0.508 e. The average molecular weight is 891 g/mol. The van der Waals surface area contributed by atoms with Crippen LogP contribution in [0.25, 0.3) is 43.1 Å². The standard InChI is InChI=1S/C20H14O3.2C10H8O2.2C4H10.4C2H6.2CH4/c21-17-5-1-15-11-19(7-3-13(15)9-17)23-20-8-4-14-10-18(22)6-2-16(14)12-20;2*11-9-3-1-7-5-10(12)4-2-8(7)6-9;2*1-4(2)3;4*1-2;;/h1-12,21-22H;2*1-6,11-12H;2*4H,1-3H3;4*1-2H3;2*1H4. The quantitative estimate of drug-likeness (QED) is 0.102. The topological polar surface area (TPSA) is 131 Å². The molecule has 0 fully saturated rings. The summed E-state index contributed by atoms with van der Waals surface area (Å²) >= 11 is 0. The fourth-order valence-electron chi connectivity index (χ4n) is 5.13. The van der Waals surface area contributed by atoms with Gasteiger partial charge in [-0.05, 0) is 152 Å². The second-order valence-electron chi connectivity index (χ2n) is 14.4. The first-order chi connectivity index (χ1) is 30.1. The summed E-state index contributed by atoms with van der Waals surface area (Å²) in [4.78, 5) is 0. The number of aromatic hydroxyl groups is 6. The number of phenols is 6. The van der Waals surface area contributed by atoms with Crippen molar-refractivity contribution >= 4 is 43.1 Å². The van der Waals surface area contributed by atoms with Crippen LogP contribution in [-0.4, -0.2) is 30.6 Å². The van der Waals surface area contributed by atoms with Gasteiger partial charge >= 0.3 is 0 Å². The summed E-state index contributed by atoms with van der Waals surface area (Å²) in [6.45, 7) is 29.0. The third-order valence-corrected chi connectivity index (χ3v) is 7.44. The van der Waals surface area contributed by atoms with Gasteiger partial charge in [-0.3, -0.25) is 0 Å². The van der Waals surface area contributed by atoms with Gasteiger partial charge in [0.05, 0.1) is 0 Å². The molecule has 65 heavy (non-hydrogen) atoms. The summed E-state index contributed by atoms with van der Waals surface area (Å²) in [5.74, 6) is 4.62. The zero-order valence-corrected chi connectivity index (χ0v) is 40.1. The van der Waals surface area contributed by atoms with E-state index in [-0.39, 0.29) is 49.4 Å². The minimum atomic E-state index is 0. The molecule has 0 aromatic heterocycles. The van der Waals surface area contributed by atoms with E-state index in [1.165, 1.54) is 0 Å². The summed E-state index contributed by atoms with van der Waals surface area (Å²) in [6, 6.07) is 42.1. The molecule has 0 spiro atoms. The zero-order valence-electron chi connectivity index (χ0n) is 40.1. The summed E-state index contributed by atoms with van der Waals surface area (Å²) in [5.41, 5.74) is 0. The van der Waals surface area contributed by atoms with Gasteiger partial charge in [-0.15, -0.1) is 0 Å². The fourth-order valence-corrected chi connectivity index (χ4v) is 5.13. The van der Waals surface area contributed by atoms with E-state index in [0.717, 1.165) is 66.4 Å². The molecule has 7 heteroatoms. The first-order valence-corrected chi connectivity index (χ1v) is 22.1. The summed E-state index contributed by atoms with van der Waals surface area (Å²) < 4.78 is 5.93. The predicted octanol–water partition coefficient (Wildman–Crippen LogP) is 18.4. The average Bonchev–Trinajstić information content (AvgIpc) is 3.27. The molecule has 0 aliphatic rings. The van der Waals surface area contributed by atoms with E-state index in [2.05, 4.69) is 41.5 Å². The van der Waals surface area contributed by atoms with Crippen LogP contribution in [0.3, 0.4) is 0 Å². The minimum Gasteiger partial charge on any atom is -0.508 e. The van der Waals surface area contributed by atoms with Gasteiger partial charge in [0.15, 0.2) is 0 Å². The highest BCUT2D eigenvalue weighted by molar-refractivity contribution is 5.87. The Morgan fingerprint density at radius 1 is 0.262 bits per heavy atom. The SMILES string of the molecule is C.C.CC.CC.CC.CC.CC(C)C.CC(C)C.Oc1ccc2cc(O)ccc2c1.Oc1ccc2cc(O)ccc2c1.Oc1ccc2cc(Oc3ccc4cc(O)ccc4c3)ccc2c1. The lowest BCUT2D eigenvalue weighted by Crippen LogP contribution is -1.85. The smallest absolute Gasteiger partial charge is 0.128 e. The lowest BCUT2D eigenvalue weighted by Gasteiger charge is -2.08. The molecule has 0 amide bonds. The van der Waals surface area contributed by atoms with Gasteiger partial charge in [0.1, 0.15) is 46.0 Å².